The molecule has 0 aliphatic carbocycles. The molecule has 0 spiro atoms. The van der Waals surface area contributed by atoms with Crippen LogP contribution in [0.3, 0.4) is 0 Å². The van der Waals surface area contributed by atoms with Crippen molar-refractivity contribution < 1.29 is 13.7 Å². The van der Waals surface area contributed by atoms with Crippen molar-refractivity contribution in [2.45, 2.75) is 26.3 Å². The molecule has 2 aromatic carbocycles. The third-order valence-electron chi connectivity index (χ3n) is 3.72. The summed E-state index contributed by atoms with van der Waals surface area (Å²) in [5.41, 5.74) is 2.48. The fourth-order valence-corrected chi connectivity index (χ4v) is 2.44. The molecule has 0 atom stereocenters. The molecule has 3 aromatic rings. The number of nitrogens with zero attached hydrogens (tertiary/aromatic N) is 2. The molecule has 6 heteroatoms. The highest BCUT2D eigenvalue weighted by Crippen LogP contribution is 2.19. The van der Waals surface area contributed by atoms with E-state index in [1.807, 2.05) is 31.2 Å². The Bertz CT molecular complexity index is 876. The van der Waals surface area contributed by atoms with E-state index >= 15 is 0 Å². The van der Waals surface area contributed by atoms with E-state index in [0.717, 1.165) is 11.1 Å². The second-order valence-corrected chi connectivity index (χ2v) is 5.76. The molecule has 3 rings (SSSR count). The maximum Gasteiger partial charge on any atom is 0.227 e. The summed E-state index contributed by atoms with van der Waals surface area (Å²) in [6, 6.07) is 14.2. The van der Waals surface area contributed by atoms with Gasteiger partial charge in [-0.3, -0.25) is 4.79 Å². The van der Waals surface area contributed by atoms with E-state index in [-0.39, 0.29) is 23.7 Å². The molecule has 0 bridgehead atoms. The minimum atomic E-state index is -0.411. The van der Waals surface area contributed by atoms with Crippen molar-refractivity contribution in [2.75, 3.05) is 0 Å². The number of carbonyl (C=O) groups excluding carboxylic acids is 1. The molecular weight excluding hydrogens is 321 g/mol. The third-order valence-corrected chi connectivity index (χ3v) is 3.72. The molecule has 0 radical (unpaired) electrons. The second-order valence-electron chi connectivity index (χ2n) is 5.76. The largest absolute Gasteiger partial charge is 0.352 e. The van der Waals surface area contributed by atoms with Crippen LogP contribution in [-0.4, -0.2) is 16.0 Å². The Morgan fingerprint density at radius 1 is 1.20 bits per heavy atom. The second kappa shape index (κ2) is 7.70. The van der Waals surface area contributed by atoms with Crippen LogP contribution in [0.25, 0.3) is 11.4 Å². The van der Waals surface area contributed by atoms with Crippen LogP contribution in [0.15, 0.2) is 53.1 Å². The topological polar surface area (TPSA) is 68.0 Å². The van der Waals surface area contributed by atoms with Gasteiger partial charge < -0.3 is 9.84 Å². The quantitative estimate of drug-likeness (QED) is 0.747. The first-order chi connectivity index (χ1) is 12.1. The molecule has 1 heterocycles. The number of aryl methyl sites for hydroxylation is 2. The molecular formula is C19H18FN3O2. The number of amides is 1. The van der Waals surface area contributed by atoms with Gasteiger partial charge in [0.2, 0.25) is 17.6 Å². The van der Waals surface area contributed by atoms with Crippen molar-refractivity contribution in [3.05, 3.63) is 71.4 Å². The first-order valence-electron chi connectivity index (χ1n) is 8.01. The SMILES string of the molecule is Cc1cccc(CNC(=O)CCc2nc(-c3ccccc3F)no2)c1. The highest BCUT2D eigenvalue weighted by molar-refractivity contribution is 5.76. The van der Waals surface area contributed by atoms with Gasteiger partial charge in [-0.15, -0.1) is 0 Å². The molecule has 0 aliphatic rings. The number of rotatable bonds is 6. The first kappa shape index (κ1) is 16.8. The maximum absolute atomic E-state index is 13.7. The maximum atomic E-state index is 13.7. The highest BCUT2D eigenvalue weighted by Gasteiger charge is 2.13. The summed E-state index contributed by atoms with van der Waals surface area (Å²) < 4.78 is 18.8. The van der Waals surface area contributed by atoms with Gasteiger partial charge in [0.25, 0.3) is 0 Å². The zero-order valence-corrected chi connectivity index (χ0v) is 13.8. The van der Waals surface area contributed by atoms with E-state index in [2.05, 4.69) is 15.5 Å². The van der Waals surface area contributed by atoms with Crippen LogP contribution >= 0.6 is 0 Å². The summed E-state index contributed by atoms with van der Waals surface area (Å²) in [4.78, 5) is 16.1. The van der Waals surface area contributed by atoms with Crippen LogP contribution in [0.5, 0.6) is 0 Å². The van der Waals surface area contributed by atoms with E-state index in [4.69, 9.17) is 4.52 Å². The van der Waals surface area contributed by atoms with Crippen molar-refractivity contribution >= 4 is 5.91 Å². The summed E-state index contributed by atoms with van der Waals surface area (Å²) in [6.07, 6.45) is 0.534. The molecule has 25 heavy (non-hydrogen) atoms. The molecule has 1 aromatic heterocycles. The van der Waals surface area contributed by atoms with E-state index in [0.29, 0.717) is 18.9 Å². The predicted molar refractivity (Wildman–Crippen MR) is 91.0 cm³/mol. The molecule has 128 valence electrons. The smallest absolute Gasteiger partial charge is 0.227 e. The lowest BCUT2D eigenvalue weighted by atomic mass is 10.1. The van der Waals surface area contributed by atoms with Crippen molar-refractivity contribution in [3.8, 4) is 11.4 Å². The lowest BCUT2D eigenvalue weighted by Gasteiger charge is -2.05. The first-order valence-corrected chi connectivity index (χ1v) is 8.01. The Morgan fingerprint density at radius 2 is 2.04 bits per heavy atom. The van der Waals surface area contributed by atoms with E-state index in [1.165, 1.54) is 6.07 Å². The fraction of sp³-hybridized carbons (Fsp3) is 0.211. The lowest BCUT2D eigenvalue weighted by Crippen LogP contribution is -2.23. The number of hydrogen-bond acceptors (Lipinski definition) is 4. The number of carbonyl (C=O) groups is 1. The molecule has 0 unspecified atom stereocenters. The number of benzene rings is 2. The number of halogens is 1. The summed E-state index contributed by atoms with van der Waals surface area (Å²) in [6.45, 7) is 2.48. The molecule has 0 saturated carbocycles. The molecule has 0 fully saturated rings. The van der Waals surface area contributed by atoms with Crippen molar-refractivity contribution in [3.63, 3.8) is 0 Å². The van der Waals surface area contributed by atoms with Gasteiger partial charge in [0.15, 0.2) is 0 Å². The van der Waals surface area contributed by atoms with Gasteiger partial charge >= 0.3 is 0 Å². The van der Waals surface area contributed by atoms with Crippen molar-refractivity contribution in [1.82, 2.24) is 15.5 Å². The monoisotopic (exact) mass is 339 g/mol. The number of hydrogen-bond donors (Lipinski definition) is 1. The Balaban J connectivity index is 1.52. The number of nitrogens with one attached hydrogen (secondary N) is 1. The molecule has 1 N–H and O–H groups in total. The Morgan fingerprint density at radius 3 is 2.84 bits per heavy atom. The number of aromatic nitrogens is 2. The highest BCUT2D eigenvalue weighted by atomic mass is 19.1. The van der Waals surface area contributed by atoms with Gasteiger partial charge in [0.1, 0.15) is 5.82 Å². The normalized spacial score (nSPS) is 10.6. The van der Waals surface area contributed by atoms with Gasteiger partial charge in [-0.2, -0.15) is 4.98 Å². The van der Waals surface area contributed by atoms with Crippen LogP contribution in [-0.2, 0) is 17.8 Å². The van der Waals surface area contributed by atoms with Gasteiger partial charge in [-0.05, 0) is 24.6 Å². The fourth-order valence-electron chi connectivity index (χ4n) is 2.44. The van der Waals surface area contributed by atoms with Gasteiger partial charge in [0, 0.05) is 19.4 Å². The van der Waals surface area contributed by atoms with Crippen LogP contribution in [0, 0.1) is 12.7 Å². The minimum absolute atomic E-state index is 0.104. The Kier molecular flexibility index (Phi) is 5.18. The zero-order valence-electron chi connectivity index (χ0n) is 13.8. The Hall–Kier alpha value is -3.02. The van der Waals surface area contributed by atoms with E-state index < -0.39 is 5.82 Å². The molecule has 5 nitrogen and oxygen atoms in total. The summed E-state index contributed by atoms with van der Waals surface area (Å²) in [7, 11) is 0. The lowest BCUT2D eigenvalue weighted by molar-refractivity contribution is -0.121. The van der Waals surface area contributed by atoms with Crippen LogP contribution in [0.1, 0.15) is 23.4 Å². The van der Waals surface area contributed by atoms with E-state index in [1.54, 1.807) is 18.2 Å². The van der Waals surface area contributed by atoms with Crippen molar-refractivity contribution in [2.24, 2.45) is 0 Å². The van der Waals surface area contributed by atoms with Gasteiger partial charge in [-0.25, -0.2) is 4.39 Å². The van der Waals surface area contributed by atoms with E-state index in [9.17, 15) is 9.18 Å². The van der Waals surface area contributed by atoms with Crippen molar-refractivity contribution in [1.29, 1.82) is 0 Å². The average molecular weight is 339 g/mol. The molecule has 0 aliphatic heterocycles. The zero-order chi connectivity index (χ0) is 17.6. The van der Waals surface area contributed by atoms with Crippen LogP contribution < -0.4 is 5.32 Å². The minimum Gasteiger partial charge on any atom is -0.352 e. The average Bonchev–Trinajstić information content (AvgIpc) is 3.07. The standard InChI is InChI=1S/C19H18FN3O2/c1-13-5-4-6-14(11-13)12-21-17(24)9-10-18-22-19(23-25-18)15-7-2-3-8-16(15)20/h2-8,11H,9-10,12H2,1H3,(H,21,24). The predicted octanol–water partition coefficient (Wildman–Crippen LogP) is 3.43. The Labute approximate surface area is 144 Å². The van der Waals surface area contributed by atoms with Crippen LogP contribution in [0.2, 0.25) is 0 Å². The van der Waals surface area contributed by atoms with Gasteiger partial charge in [0.05, 0.1) is 5.56 Å². The van der Waals surface area contributed by atoms with Gasteiger partial charge in [-0.1, -0.05) is 47.1 Å². The molecule has 1 amide bonds. The summed E-state index contributed by atoms with van der Waals surface area (Å²) in [5, 5.41) is 6.63. The third kappa shape index (κ3) is 4.50. The summed E-state index contributed by atoms with van der Waals surface area (Å²) >= 11 is 0. The summed E-state index contributed by atoms with van der Waals surface area (Å²) in [5.74, 6) is -0.0184. The molecule has 0 saturated heterocycles. The van der Waals surface area contributed by atoms with Crippen LogP contribution in [0.4, 0.5) is 4.39 Å².